The van der Waals surface area contributed by atoms with Gasteiger partial charge in [-0.3, -0.25) is 0 Å². The van der Waals surface area contributed by atoms with Crippen LogP contribution in [0.15, 0.2) is 115 Å². The second kappa shape index (κ2) is 13.7. The molecule has 0 aliphatic carbocycles. The number of benzene rings is 1. The highest BCUT2D eigenvalue weighted by Crippen LogP contribution is 2.56. The van der Waals surface area contributed by atoms with E-state index in [0.29, 0.717) is 0 Å². The number of hydrogen-bond donors (Lipinski definition) is 0. The van der Waals surface area contributed by atoms with Gasteiger partial charge >= 0.3 is 0 Å². The second-order valence-electron chi connectivity index (χ2n) is 4.70. The Kier molecular flexibility index (Phi) is 12.8. The minimum absolute atomic E-state index is 0.975. The molecule has 0 saturated carbocycles. The van der Waals surface area contributed by atoms with E-state index in [1.165, 1.54) is 16.2 Å². The van der Waals surface area contributed by atoms with Crippen molar-refractivity contribution in [1.82, 2.24) is 0 Å². The fourth-order valence-corrected chi connectivity index (χ4v) is 5.27. The van der Waals surface area contributed by atoms with Crippen LogP contribution in [-0.2, 0) is 6.16 Å². The number of rotatable bonds is 8. The Labute approximate surface area is 157 Å². The van der Waals surface area contributed by atoms with Gasteiger partial charge in [0.05, 0.1) is 24.7 Å². The van der Waals surface area contributed by atoms with Crippen LogP contribution < -0.4 is 0 Å². The van der Waals surface area contributed by atoms with Crippen molar-refractivity contribution >= 4 is 23.9 Å². The molecule has 24 heavy (non-hydrogen) atoms. The van der Waals surface area contributed by atoms with E-state index < -0.39 is 7.92 Å². The lowest BCUT2D eigenvalue weighted by molar-refractivity contribution is 1.38. The summed E-state index contributed by atoms with van der Waals surface area (Å²) in [5, 5.41) is 2.57. The molecule has 1 aromatic rings. The van der Waals surface area contributed by atoms with Gasteiger partial charge in [-0.15, -0.1) is 13.2 Å². The van der Waals surface area contributed by atoms with Crippen LogP contribution in [0.4, 0.5) is 0 Å². The van der Waals surface area contributed by atoms with E-state index in [-0.39, 0.29) is 0 Å². The van der Waals surface area contributed by atoms with Gasteiger partial charge in [-0.05, 0) is 48.9 Å². The van der Waals surface area contributed by atoms with Crippen LogP contribution in [0.1, 0.15) is 12.5 Å². The Bertz CT molecular complexity index is 635. The molecule has 0 nitrogen and oxygen atoms in total. The van der Waals surface area contributed by atoms with Gasteiger partial charge < -0.3 is 0 Å². The molecule has 1 atom stereocenters. The second-order valence-corrected chi connectivity index (χ2v) is 8.09. The number of allylic oxidation sites excluding steroid dienone is 9. The van der Waals surface area contributed by atoms with Crippen molar-refractivity contribution in [2.24, 2.45) is 0 Å². The van der Waals surface area contributed by atoms with E-state index >= 15 is 0 Å². The summed E-state index contributed by atoms with van der Waals surface area (Å²) < 4.78 is 1.11. The Hall–Kier alpha value is -1.69. The van der Waals surface area contributed by atoms with Crippen molar-refractivity contribution in [2.45, 2.75) is 13.1 Å². The van der Waals surface area contributed by atoms with Crippen LogP contribution in [-0.4, -0.2) is 0 Å². The number of halogens is 1. The predicted molar refractivity (Wildman–Crippen MR) is 119 cm³/mol. The number of hydrogen-bond acceptors (Lipinski definition) is 0. The standard InChI is InChI=1S/C20H22BrP.C2H4/c1-5-10-19(8-4)22(20(11-6-2)12-7-3)16-17-13-9-14-18(21)15-17;1-2/h5-15H,1-2,4,16H2,3H3;1-2H2/p+1/b12-7-,19-10+,20-11+;. The van der Waals surface area contributed by atoms with Crippen LogP contribution in [0.5, 0.6) is 0 Å². The van der Waals surface area contributed by atoms with Crippen molar-refractivity contribution in [3.8, 4) is 0 Å². The van der Waals surface area contributed by atoms with E-state index in [9.17, 15) is 0 Å². The fraction of sp³-hybridized carbons (Fsp3) is 0.0909. The van der Waals surface area contributed by atoms with Crippen LogP contribution in [0.3, 0.4) is 0 Å². The van der Waals surface area contributed by atoms with Gasteiger partial charge in [-0.2, -0.15) is 0 Å². The van der Waals surface area contributed by atoms with Crippen LogP contribution in [0, 0.1) is 0 Å². The molecular formula is C22H27BrP+. The smallest absolute Gasteiger partial charge is 0.0967 e. The highest BCUT2D eigenvalue weighted by molar-refractivity contribution is 9.10. The molecule has 2 heteroatoms. The van der Waals surface area contributed by atoms with Gasteiger partial charge in [0.25, 0.3) is 0 Å². The molecule has 0 N–H and O–H groups in total. The predicted octanol–water partition coefficient (Wildman–Crippen LogP) is 7.87. The van der Waals surface area contributed by atoms with E-state index in [4.69, 9.17) is 0 Å². The summed E-state index contributed by atoms with van der Waals surface area (Å²) in [6.45, 7) is 19.7. The highest BCUT2D eigenvalue weighted by atomic mass is 79.9. The molecule has 1 rings (SSSR count). The molecule has 0 fully saturated rings. The molecular weight excluding hydrogens is 375 g/mol. The maximum Gasteiger partial charge on any atom is 0.0967 e. The largest absolute Gasteiger partial charge is 0.106 e. The van der Waals surface area contributed by atoms with Crippen molar-refractivity contribution in [2.75, 3.05) is 0 Å². The van der Waals surface area contributed by atoms with Crippen LogP contribution in [0.25, 0.3) is 0 Å². The fourth-order valence-electron chi connectivity index (χ4n) is 2.20. The normalized spacial score (nSPS) is 12.9. The molecule has 0 aliphatic heterocycles. The molecule has 0 aromatic heterocycles. The quantitative estimate of drug-likeness (QED) is 0.236. The third kappa shape index (κ3) is 7.73. The molecule has 1 unspecified atom stereocenters. The van der Waals surface area contributed by atoms with E-state index in [0.717, 1.165) is 10.6 Å². The summed E-state index contributed by atoms with van der Waals surface area (Å²) in [4.78, 5) is 0. The lowest BCUT2D eigenvalue weighted by Crippen LogP contribution is -1.90. The zero-order valence-corrected chi connectivity index (χ0v) is 17.1. The zero-order valence-electron chi connectivity index (χ0n) is 14.5. The molecule has 0 saturated heterocycles. The van der Waals surface area contributed by atoms with E-state index in [1.54, 1.807) is 0 Å². The minimum Gasteiger partial charge on any atom is -0.106 e. The minimum atomic E-state index is -0.975. The summed E-state index contributed by atoms with van der Waals surface area (Å²) in [5.74, 6) is 0. The van der Waals surface area contributed by atoms with Crippen molar-refractivity contribution in [3.05, 3.63) is 120 Å². The lowest BCUT2D eigenvalue weighted by Gasteiger charge is -2.12. The van der Waals surface area contributed by atoms with E-state index in [1.807, 2.05) is 25.2 Å². The average molecular weight is 402 g/mol. The molecule has 0 heterocycles. The molecule has 0 radical (unpaired) electrons. The Morgan fingerprint density at radius 1 is 1.08 bits per heavy atom. The topological polar surface area (TPSA) is 0 Å². The average Bonchev–Trinajstić information content (AvgIpc) is 2.60. The van der Waals surface area contributed by atoms with Crippen LogP contribution in [0.2, 0.25) is 0 Å². The highest BCUT2D eigenvalue weighted by Gasteiger charge is 2.24. The summed E-state index contributed by atoms with van der Waals surface area (Å²) in [5.41, 5.74) is 1.32. The van der Waals surface area contributed by atoms with Gasteiger partial charge in [0, 0.05) is 4.47 Å². The van der Waals surface area contributed by atoms with Crippen molar-refractivity contribution < 1.29 is 0 Å². The summed E-state index contributed by atoms with van der Waals surface area (Å²) in [7, 11) is -0.975. The first kappa shape index (κ1) is 22.3. The Morgan fingerprint density at radius 2 is 1.71 bits per heavy atom. The first-order valence-corrected chi connectivity index (χ1v) is 10.2. The Balaban J connectivity index is 0.00000254. The van der Waals surface area contributed by atoms with Gasteiger partial charge in [-0.25, -0.2) is 0 Å². The first-order chi connectivity index (χ1) is 11.7. The lowest BCUT2D eigenvalue weighted by atomic mass is 10.2. The van der Waals surface area contributed by atoms with Gasteiger partial charge in [0.1, 0.15) is 0 Å². The molecule has 0 aliphatic rings. The third-order valence-corrected chi connectivity index (χ3v) is 6.48. The van der Waals surface area contributed by atoms with Crippen molar-refractivity contribution in [3.63, 3.8) is 0 Å². The van der Waals surface area contributed by atoms with E-state index in [2.05, 4.69) is 97.4 Å². The monoisotopic (exact) mass is 401 g/mol. The SMILES string of the molecule is C=C.C=C/C=C(\C=C)[PH+](Cc1cccc(Br)c1)C(/C=C\C)=C/C=C. The molecule has 1 aromatic carbocycles. The van der Waals surface area contributed by atoms with Gasteiger partial charge in [-0.1, -0.05) is 66.0 Å². The van der Waals surface area contributed by atoms with Crippen LogP contribution >= 0.6 is 23.9 Å². The molecule has 0 bridgehead atoms. The molecule has 0 amide bonds. The summed E-state index contributed by atoms with van der Waals surface area (Å²) in [6, 6.07) is 8.48. The molecule has 126 valence electrons. The zero-order chi connectivity index (χ0) is 18.4. The summed E-state index contributed by atoms with van der Waals surface area (Å²) in [6.07, 6.45) is 15.1. The van der Waals surface area contributed by atoms with Crippen molar-refractivity contribution in [1.29, 1.82) is 0 Å². The maximum absolute atomic E-state index is 3.99. The first-order valence-electron chi connectivity index (χ1n) is 7.67. The Morgan fingerprint density at radius 3 is 2.21 bits per heavy atom. The maximum atomic E-state index is 3.99. The molecule has 0 spiro atoms. The third-order valence-electron chi connectivity index (χ3n) is 3.13. The van der Waals surface area contributed by atoms with Gasteiger partial charge in [0.15, 0.2) is 0 Å². The summed E-state index contributed by atoms with van der Waals surface area (Å²) >= 11 is 3.55. The van der Waals surface area contributed by atoms with Gasteiger partial charge in [0.2, 0.25) is 0 Å².